The molecule has 0 spiro atoms. The number of anilines is 1. The van der Waals surface area contributed by atoms with Gasteiger partial charge >= 0.3 is 0 Å². The number of nitrogens with zero attached hydrogens (tertiary/aromatic N) is 1. The van der Waals surface area contributed by atoms with E-state index in [9.17, 15) is 4.79 Å². The molecule has 4 heteroatoms. The van der Waals surface area contributed by atoms with E-state index in [-0.39, 0.29) is 5.91 Å². The zero-order valence-electron chi connectivity index (χ0n) is 12.3. The molecule has 1 N–H and O–H groups in total. The third-order valence-electron chi connectivity index (χ3n) is 3.22. The zero-order chi connectivity index (χ0) is 15.2. The van der Waals surface area contributed by atoms with E-state index in [1.807, 2.05) is 62.5 Å². The molecule has 0 atom stereocenters. The lowest BCUT2D eigenvalue weighted by Gasteiger charge is -2.18. The van der Waals surface area contributed by atoms with Gasteiger partial charge in [-0.05, 0) is 42.8 Å². The summed E-state index contributed by atoms with van der Waals surface area (Å²) in [4.78, 5) is 14.1. The van der Waals surface area contributed by atoms with E-state index in [0.29, 0.717) is 12.1 Å². The molecule has 21 heavy (non-hydrogen) atoms. The molecule has 0 bridgehead atoms. The van der Waals surface area contributed by atoms with E-state index in [2.05, 4.69) is 21.2 Å². The molecule has 0 aliphatic rings. The Balaban J connectivity index is 2.07. The highest BCUT2D eigenvalue weighted by Gasteiger charge is 2.13. The van der Waals surface area contributed by atoms with E-state index >= 15 is 0 Å². The summed E-state index contributed by atoms with van der Waals surface area (Å²) in [7, 11) is 1.82. The number of hydrogen-bond donors (Lipinski definition) is 1. The molecule has 0 heterocycles. The smallest absolute Gasteiger partial charge is 0.253 e. The van der Waals surface area contributed by atoms with Gasteiger partial charge < -0.3 is 10.2 Å². The molecule has 0 aromatic heterocycles. The first-order chi connectivity index (χ1) is 10.1. The third kappa shape index (κ3) is 4.08. The summed E-state index contributed by atoms with van der Waals surface area (Å²) >= 11 is 3.51. The maximum atomic E-state index is 12.4. The Morgan fingerprint density at radius 1 is 1.14 bits per heavy atom. The van der Waals surface area contributed by atoms with Crippen molar-refractivity contribution in [2.45, 2.75) is 13.5 Å². The standard InChI is InChI=1S/C17H19BrN2O/c1-3-19-15-10-8-13(9-11-15)17(21)20(2)12-14-6-4-5-7-16(14)18/h4-11,19H,3,12H2,1-2H3. The Hall–Kier alpha value is -1.81. The third-order valence-corrected chi connectivity index (χ3v) is 4.00. The number of hydrogen-bond acceptors (Lipinski definition) is 2. The van der Waals surface area contributed by atoms with Crippen LogP contribution in [-0.2, 0) is 6.54 Å². The highest BCUT2D eigenvalue weighted by molar-refractivity contribution is 9.10. The fraction of sp³-hybridized carbons (Fsp3) is 0.235. The molecule has 0 aliphatic heterocycles. The highest BCUT2D eigenvalue weighted by Crippen LogP contribution is 2.18. The zero-order valence-corrected chi connectivity index (χ0v) is 13.9. The van der Waals surface area contributed by atoms with Crippen LogP contribution in [0.15, 0.2) is 53.0 Å². The summed E-state index contributed by atoms with van der Waals surface area (Å²) in [6, 6.07) is 15.5. The molecule has 0 unspecified atom stereocenters. The average molecular weight is 347 g/mol. The van der Waals surface area contributed by atoms with Crippen LogP contribution in [0, 0.1) is 0 Å². The second-order valence-corrected chi connectivity index (χ2v) is 5.71. The van der Waals surface area contributed by atoms with Crippen LogP contribution in [0.2, 0.25) is 0 Å². The minimum Gasteiger partial charge on any atom is -0.385 e. The van der Waals surface area contributed by atoms with Crippen molar-refractivity contribution in [1.82, 2.24) is 4.90 Å². The highest BCUT2D eigenvalue weighted by atomic mass is 79.9. The van der Waals surface area contributed by atoms with Gasteiger partial charge in [0.1, 0.15) is 0 Å². The Kier molecular flexibility index (Phi) is 5.39. The second-order valence-electron chi connectivity index (χ2n) is 4.86. The average Bonchev–Trinajstić information content (AvgIpc) is 2.50. The number of amides is 1. The molecule has 0 fully saturated rings. The number of carbonyl (C=O) groups excluding carboxylic acids is 1. The van der Waals surface area contributed by atoms with Crippen LogP contribution in [0.5, 0.6) is 0 Å². The maximum Gasteiger partial charge on any atom is 0.253 e. The van der Waals surface area contributed by atoms with Crippen molar-refractivity contribution in [2.24, 2.45) is 0 Å². The first kappa shape index (κ1) is 15.6. The van der Waals surface area contributed by atoms with E-state index in [0.717, 1.165) is 22.3 Å². The first-order valence-corrected chi connectivity index (χ1v) is 7.74. The number of nitrogens with one attached hydrogen (secondary N) is 1. The molecule has 0 saturated heterocycles. The van der Waals surface area contributed by atoms with Crippen molar-refractivity contribution in [3.8, 4) is 0 Å². The summed E-state index contributed by atoms with van der Waals surface area (Å²) in [5.41, 5.74) is 2.83. The van der Waals surface area contributed by atoms with E-state index in [1.165, 1.54) is 0 Å². The van der Waals surface area contributed by atoms with E-state index in [4.69, 9.17) is 0 Å². The normalized spacial score (nSPS) is 10.2. The molecule has 110 valence electrons. The summed E-state index contributed by atoms with van der Waals surface area (Å²) < 4.78 is 1.02. The Morgan fingerprint density at radius 3 is 2.43 bits per heavy atom. The number of benzene rings is 2. The van der Waals surface area contributed by atoms with Gasteiger partial charge in [0, 0.05) is 35.9 Å². The fourth-order valence-electron chi connectivity index (χ4n) is 2.11. The lowest BCUT2D eigenvalue weighted by atomic mass is 10.1. The Morgan fingerprint density at radius 2 is 1.81 bits per heavy atom. The van der Waals surface area contributed by atoms with Gasteiger partial charge in [0.15, 0.2) is 0 Å². The largest absolute Gasteiger partial charge is 0.385 e. The van der Waals surface area contributed by atoms with Crippen LogP contribution in [0.3, 0.4) is 0 Å². The van der Waals surface area contributed by atoms with Crippen LogP contribution >= 0.6 is 15.9 Å². The van der Waals surface area contributed by atoms with Crippen LogP contribution in [0.25, 0.3) is 0 Å². The molecular weight excluding hydrogens is 328 g/mol. The molecule has 0 aliphatic carbocycles. The Bertz CT molecular complexity index is 610. The van der Waals surface area contributed by atoms with Gasteiger partial charge in [-0.15, -0.1) is 0 Å². The summed E-state index contributed by atoms with van der Waals surface area (Å²) in [5, 5.41) is 3.22. The summed E-state index contributed by atoms with van der Waals surface area (Å²) in [6.45, 7) is 3.50. The van der Waals surface area contributed by atoms with E-state index in [1.54, 1.807) is 4.90 Å². The van der Waals surface area contributed by atoms with Crippen LogP contribution in [-0.4, -0.2) is 24.4 Å². The minimum absolute atomic E-state index is 0.0220. The molecule has 0 saturated carbocycles. The van der Waals surface area contributed by atoms with Crippen molar-refractivity contribution in [3.63, 3.8) is 0 Å². The SMILES string of the molecule is CCNc1ccc(C(=O)N(C)Cc2ccccc2Br)cc1. The monoisotopic (exact) mass is 346 g/mol. The number of rotatable bonds is 5. The lowest BCUT2D eigenvalue weighted by molar-refractivity contribution is 0.0785. The van der Waals surface area contributed by atoms with Crippen molar-refractivity contribution >= 4 is 27.5 Å². The van der Waals surface area contributed by atoms with Gasteiger partial charge in [-0.3, -0.25) is 4.79 Å². The quantitative estimate of drug-likeness (QED) is 0.881. The van der Waals surface area contributed by atoms with Crippen molar-refractivity contribution in [1.29, 1.82) is 0 Å². The molecule has 2 aromatic rings. The number of halogens is 1. The van der Waals surface area contributed by atoms with Gasteiger partial charge in [-0.25, -0.2) is 0 Å². The van der Waals surface area contributed by atoms with Crippen molar-refractivity contribution < 1.29 is 4.79 Å². The van der Waals surface area contributed by atoms with Gasteiger partial charge in [0.2, 0.25) is 0 Å². The van der Waals surface area contributed by atoms with Gasteiger partial charge in [0.25, 0.3) is 5.91 Å². The second kappa shape index (κ2) is 7.27. The summed E-state index contributed by atoms with van der Waals surface area (Å²) in [6.07, 6.45) is 0. The fourth-order valence-corrected chi connectivity index (χ4v) is 2.52. The lowest BCUT2D eigenvalue weighted by Crippen LogP contribution is -2.26. The Labute approximate surface area is 134 Å². The van der Waals surface area contributed by atoms with Gasteiger partial charge in [0.05, 0.1) is 0 Å². The topological polar surface area (TPSA) is 32.3 Å². The molecule has 2 rings (SSSR count). The van der Waals surface area contributed by atoms with Crippen LogP contribution in [0.1, 0.15) is 22.8 Å². The van der Waals surface area contributed by atoms with Gasteiger partial charge in [-0.1, -0.05) is 34.1 Å². The molecule has 3 nitrogen and oxygen atoms in total. The minimum atomic E-state index is 0.0220. The predicted octanol–water partition coefficient (Wildman–Crippen LogP) is 4.15. The van der Waals surface area contributed by atoms with Crippen LogP contribution in [0.4, 0.5) is 5.69 Å². The van der Waals surface area contributed by atoms with Gasteiger partial charge in [-0.2, -0.15) is 0 Å². The molecule has 2 aromatic carbocycles. The molecular formula is C17H19BrN2O. The number of carbonyl (C=O) groups is 1. The van der Waals surface area contributed by atoms with Crippen LogP contribution < -0.4 is 5.32 Å². The predicted molar refractivity (Wildman–Crippen MR) is 90.5 cm³/mol. The molecule has 1 amide bonds. The van der Waals surface area contributed by atoms with Crippen molar-refractivity contribution in [2.75, 3.05) is 18.9 Å². The molecule has 0 radical (unpaired) electrons. The first-order valence-electron chi connectivity index (χ1n) is 6.94. The summed E-state index contributed by atoms with van der Waals surface area (Å²) in [5.74, 6) is 0.0220. The van der Waals surface area contributed by atoms with Crippen molar-refractivity contribution in [3.05, 3.63) is 64.1 Å². The maximum absolute atomic E-state index is 12.4. The van der Waals surface area contributed by atoms with E-state index < -0.39 is 0 Å².